The van der Waals surface area contributed by atoms with E-state index >= 15 is 0 Å². The summed E-state index contributed by atoms with van der Waals surface area (Å²) in [7, 11) is 0. The van der Waals surface area contributed by atoms with Gasteiger partial charge in [0, 0.05) is 42.3 Å². The first-order valence-electron chi connectivity index (χ1n) is 7.15. The smallest absolute Gasteiger partial charge is 0.129 e. The lowest BCUT2D eigenvalue weighted by Gasteiger charge is -2.43. The molecule has 1 aromatic rings. The van der Waals surface area contributed by atoms with E-state index in [1.54, 1.807) is 6.07 Å². The van der Waals surface area contributed by atoms with Gasteiger partial charge in [0.15, 0.2) is 0 Å². The van der Waals surface area contributed by atoms with E-state index in [0.29, 0.717) is 5.92 Å². The molecular weight excluding hydrogens is 343 g/mol. The standard InChI is InChI=1S/C15H20BrFN2.ClH/c16-12-4-5-13(14(17)10-12)15(11-2-1-3-11)19-8-6-18-7-9-19;/h4-5,10-11,15,18H,1-3,6-9H2;1H/t15-;/m0./s1. The number of nitrogens with one attached hydrogen (secondary N) is 1. The summed E-state index contributed by atoms with van der Waals surface area (Å²) in [4.78, 5) is 2.46. The fourth-order valence-corrected chi connectivity index (χ4v) is 3.54. The highest BCUT2D eigenvalue weighted by Gasteiger charge is 2.34. The van der Waals surface area contributed by atoms with E-state index in [0.717, 1.165) is 36.2 Å². The Kier molecular flexibility index (Phi) is 5.84. The van der Waals surface area contributed by atoms with Crippen molar-refractivity contribution in [3.05, 3.63) is 34.1 Å². The molecule has 1 saturated carbocycles. The minimum absolute atomic E-state index is 0. The molecule has 1 saturated heterocycles. The molecule has 1 heterocycles. The molecule has 2 nitrogen and oxygen atoms in total. The monoisotopic (exact) mass is 362 g/mol. The van der Waals surface area contributed by atoms with Crippen LogP contribution in [0.5, 0.6) is 0 Å². The van der Waals surface area contributed by atoms with E-state index in [9.17, 15) is 4.39 Å². The number of benzene rings is 1. The first-order chi connectivity index (χ1) is 9.25. The van der Waals surface area contributed by atoms with Crippen LogP contribution in [0.3, 0.4) is 0 Å². The predicted molar refractivity (Wildman–Crippen MR) is 85.9 cm³/mol. The van der Waals surface area contributed by atoms with Crippen LogP contribution in [0.1, 0.15) is 30.9 Å². The molecule has 112 valence electrons. The maximum atomic E-state index is 14.3. The highest BCUT2D eigenvalue weighted by molar-refractivity contribution is 9.10. The molecule has 0 bridgehead atoms. The molecule has 1 aromatic carbocycles. The molecule has 1 aliphatic heterocycles. The van der Waals surface area contributed by atoms with E-state index in [-0.39, 0.29) is 24.3 Å². The Balaban J connectivity index is 0.00000147. The Hall–Kier alpha value is -0.160. The normalized spacial score (nSPS) is 21.9. The van der Waals surface area contributed by atoms with E-state index in [1.165, 1.54) is 19.3 Å². The second-order valence-corrected chi connectivity index (χ2v) is 6.50. The summed E-state index contributed by atoms with van der Waals surface area (Å²) >= 11 is 3.35. The van der Waals surface area contributed by atoms with Gasteiger partial charge < -0.3 is 5.32 Å². The van der Waals surface area contributed by atoms with Crippen molar-refractivity contribution < 1.29 is 4.39 Å². The molecule has 2 fully saturated rings. The van der Waals surface area contributed by atoms with E-state index in [1.807, 2.05) is 12.1 Å². The maximum Gasteiger partial charge on any atom is 0.129 e. The largest absolute Gasteiger partial charge is 0.314 e. The summed E-state index contributed by atoms with van der Waals surface area (Å²) in [5.74, 6) is 0.568. The van der Waals surface area contributed by atoms with Crippen molar-refractivity contribution in [1.82, 2.24) is 10.2 Å². The van der Waals surface area contributed by atoms with E-state index in [4.69, 9.17) is 0 Å². The average Bonchev–Trinajstić information content (AvgIpc) is 2.35. The number of nitrogens with zero attached hydrogens (tertiary/aromatic N) is 1. The van der Waals surface area contributed by atoms with Crippen molar-refractivity contribution in [1.29, 1.82) is 0 Å². The fraction of sp³-hybridized carbons (Fsp3) is 0.600. The fourth-order valence-electron chi connectivity index (χ4n) is 3.21. The Labute approximate surface area is 134 Å². The maximum absolute atomic E-state index is 14.3. The third kappa shape index (κ3) is 3.35. The Morgan fingerprint density at radius 3 is 2.50 bits per heavy atom. The first kappa shape index (κ1) is 16.2. The Morgan fingerprint density at radius 2 is 1.95 bits per heavy atom. The van der Waals surface area contributed by atoms with Gasteiger partial charge in [0.1, 0.15) is 5.82 Å². The molecule has 0 amide bonds. The van der Waals surface area contributed by atoms with Crippen LogP contribution in [0.4, 0.5) is 4.39 Å². The van der Waals surface area contributed by atoms with Crippen LogP contribution >= 0.6 is 28.3 Å². The van der Waals surface area contributed by atoms with Gasteiger partial charge in [0.05, 0.1) is 0 Å². The van der Waals surface area contributed by atoms with Gasteiger partial charge in [-0.2, -0.15) is 0 Å². The minimum Gasteiger partial charge on any atom is -0.314 e. The summed E-state index contributed by atoms with van der Waals surface area (Å²) in [6.45, 7) is 4.08. The van der Waals surface area contributed by atoms with Crippen LogP contribution in [0.25, 0.3) is 0 Å². The summed E-state index contributed by atoms with van der Waals surface area (Å²) in [5.41, 5.74) is 0.884. The summed E-state index contributed by atoms with van der Waals surface area (Å²) in [5, 5.41) is 3.38. The first-order valence-corrected chi connectivity index (χ1v) is 7.95. The summed E-state index contributed by atoms with van der Waals surface area (Å²) in [6.07, 6.45) is 3.78. The van der Waals surface area contributed by atoms with Crippen molar-refractivity contribution in [2.75, 3.05) is 26.2 Å². The number of halogens is 3. The SMILES string of the molecule is Cl.Fc1cc(Br)ccc1[C@H](C1CCC1)N1CCNCC1. The highest BCUT2D eigenvalue weighted by atomic mass is 79.9. The van der Waals surface area contributed by atoms with Crippen LogP contribution in [0, 0.1) is 11.7 Å². The Bertz CT molecular complexity index is 447. The summed E-state index contributed by atoms with van der Waals surface area (Å²) < 4.78 is 15.1. The quantitative estimate of drug-likeness (QED) is 0.880. The van der Waals surface area contributed by atoms with Crippen molar-refractivity contribution >= 4 is 28.3 Å². The summed E-state index contributed by atoms with van der Waals surface area (Å²) in [6, 6.07) is 5.80. The molecule has 20 heavy (non-hydrogen) atoms. The number of hydrogen-bond donors (Lipinski definition) is 1. The van der Waals surface area contributed by atoms with Crippen LogP contribution in [0.15, 0.2) is 22.7 Å². The molecule has 2 aliphatic rings. The van der Waals surface area contributed by atoms with Crippen LogP contribution in [-0.4, -0.2) is 31.1 Å². The van der Waals surface area contributed by atoms with Gasteiger partial charge in [-0.25, -0.2) is 4.39 Å². The van der Waals surface area contributed by atoms with E-state index in [2.05, 4.69) is 26.1 Å². The number of rotatable bonds is 3. The molecule has 0 aromatic heterocycles. The molecule has 1 N–H and O–H groups in total. The number of hydrogen-bond acceptors (Lipinski definition) is 2. The van der Waals surface area contributed by atoms with Gasteiger partial charge in [-0.3, -0.25) is 4.90 Å². The zero-order chi connectivity index (χ0) is 13.2. The second kappa shape index (κ2) is 7.21. The lowest BCUT2D eigenvalue weighted by atomic mass is 9.76. The van der Waals surface area contributed by atoms with Gasteiger partial charge in [-0.05, 0) is 30.9 Å². The molecule has 0 radical (unpaired) electrons. The Morgan fingerprint density at radius 1 is 1.25 bits per heavy atom. The van der Waals surface area contributed by atoms with Crippen LogP contribution in [-0.2, 0) is 0 Å². The van der Waals surface area contributed by atoms with Gasteiger partial charge in [0.25, 0.3) is 0 Å². The van der Waals surface area contributed by atoms with Crippen molar-refractivity contribution in [3.63, 3.8) is 0 Å². The van der Waals surface area contributed by atoms with Gasteiger partial charge in [-0.15, -0.1) is 12.4 Å². The second-order valence-electron chi connectivity index (χ2n) is 5.59. The molecule has 1 atom stereocenters. The van der Waals surface area contributed by atoms with Crippen molar-refractivity contribution in [3.8, 4) is 0 Å². The minimum atomic E-state index is -0.0650. The zero-order valence-electron chi connectivity index (χ0n) is 11.4. The third-order valence-electron chi connectivity index (χ3n) is 4.42. The molecule has 0 spiro atoms. The molecular formula is C15H21BrClFN2. The van der Waals surface area contributed by atoms with Gasteiger partial charge >= 0.3 is 0 Å². The highest BCUT2D eigenvalue weighted by Crippen LogP contribution is 2.42. The number of piperazine rings is 1. The lowest BCUT2D eigenvalue weighted by Crippen LogP contribution is -2.48. The molecule has 1 aliphatic carbocycles. The van der Waals surface area contributed by atoms with Crippen molar-refractivity contribution in [2.45, 2.75) is 25.3 Å². The van der Waals surface area contributed by atoms with E-state index < -0.39 is 0 Å². The third-order valence-corrected chi connectivity index (χ3v) is 4.92. The molecule has 5 heteroatoms. The van der Waals surface area contributed by atoms with Crippen molar-refractivity contribution in [2.24, 2.45) is 5.92 Å². The van der Waals surface area contributed by atoms with Crippen LogP contribution in [0.2, 0.25) is 0 Å². The predicted octanol–water partition coefficient (Wildman–Crippen LogP) is 3.76. The average molecular weight is 364 g/mol. The molecule has 3 rings (SSSR count). The van der Waals surface area contributed by atoms with Gasteiger partial charge in [-0.1, -0.05) is 28.4 Å². The van der Waals surface area contributed by atoms with Gasteiger partial charge in [0.2, 0.25) is 0 Å². The van der Waals surface area contributed by atoms with Crippen LogP contribution < -0.4 is 5.32 Å². The lowest BCUT2D eigenvalue weighted by molar-refractivity contribution is 0.0812. The zero-order valence-corrected chi connectivity index (χ0v) is 13.9. The molecule has 0 unspecified atom stereocenters. The topological polar surface area (TPSA) is 15.3 Å².